The van der Waals surface area contributed by atoms with Crippen molar-refractivity contribution in [1.29, 1.82) is 0 Å². The summed E-state index contributed by atoms with van der Waals surface area (Å²) in [6.45, 7) is 8.06. The number of nitrogens with one attached hydrogen (secondary N) is 1. The molecule has 0 bridgehead atoms. The first-order valence-electron chi connectivity index (χ1n) is 11.1. The highest BCUT2D eigenvalue weighted by atomic mass is 32.2. The number of nitrogens with zero attached hydrogens (tertiary/aromatic N) is 1. The number of rotatable bonds is 4. The minimum Gasteiger partial charge on any atom is -0.338 e. The minimum atomic E-state index is -3.52. The Kier molecular flexibility index (Phi) is 6.30. The van der Waals surface area contributed by atoms with E-state index in [4.69, 9.17) is 0 Å². The second-order valence-electron chi connectivity index (χ2n) is 9.87. The fraction of sp³-hybridized carbons (Fsp3) is 0.542. The van der Waals surface area contributed by atoms with E-state index < -0.39 is 10.0 Å². The summed E-state index contributed by atoms with van der Waals surface area (Å²) in [6, 6.07) is 10.4. The minimum absolute atomic E-state index is 0.0936. The van der Waals surface area contributed by atoms with E-state index in [9.17, 15) is 13.2 Å². The predicted molar refractivity (Wildman–Crippen MR) is 125 cm³/mol. The van der Waals surface area contributed by atoms with Crippen LogP contribution in [0, 0.1) is 11.3 Å². The molecule has 2 aromatic rings. The fourth-order valence-corrected chi connectivity index (χ4v) is 7.11. The van der Waals surface area contributed by atoms with Crippen LogP contribution in [0.15, 0.2) is 41.3 Å². The van der Waals surface area contributed by atoms with E-state index in [1.807, 2.05) is 4.90 Å². The summed E-state index contributed by atoms with van der Waals surface area (Å²) in [5.74, 6) is 0.752. The lowest BCUT2D eigenvalue weighted by Gasteiger charge is -2.33. The summed E-state index contributed by atoms with van der Waals surface area (Å²) < 4.78 is 27.9. The highest BCUT2D eigenvalue weighted by Gasteiger charge is 2.32. The molecular formula is C24H32N2O3S2. The van der Waals surface area contributed by atoms with Crippen LogP contribution >= 0.6 is 11.3 Å². The monoisotopic (exact) mass is 460 g/mol. The second-order valence-corrected chi connectivity index (χ2v) is 12.7. The predicted octanol–water partition coefficient (Wildman–Crippen LogP) is 4.48. The van der Waals surface area contributed by atoms with Crippen molar-refractivity contribution >= 4 is 27.3 Å². The van der Waals surface area contributed by atoms with Crippen LogP contribution in [0.2, 0.25) is 0 Å². The first kappa shape index (κ1) is 22.5. The van der Waals surface area contributed by atoms with Gasteiger partial charge in [0.25, 0.3) is 5.91 Å². The third-order valence-electron chi connectivity index (χ3n) is 6.68. The molecule has 1 fully saturated rings. The van der Waals surface area contributed by atoms with Crippen molar-refractivity contribution in [2.24, 2.45) is 11.3 Å². The summed E-state index contributed by atoms with van der Waals surface area (Å²) in [7, 11) is -3.52. The van der Waals surface area contributed by atoms with E-state index in [2.05, 4.69) is 31.6 Å². The van der Waals surface area contributed by atoms with Gasteiger partial charge in [0.2, 0.25) is 10.0 Å². The Bertz CT molecular complexity index is 1030. The number of amides is 1. The van der Waals surface area contributed by atoms with E-state index in [-0.39, 0.29) is 16.8 Å². The Hall–Kier alpha value is -1.70. The van der Waals surface area contributed by atoms with Crippen molar-refractivity contribution in [3.63, 3.8) is 0 Å². The van der Waals surface area contributed by atoms with Gasteiger partial charge in [0.15, 0.2) is 0 Å². The number of fused-ring (bicyclic) bond motifs is 1. The Balaban J connectivity index is 1.36. The highest BCUT2D eigenvalue weighted by Crippen LogP contribution is 2.40. The smallest absolute Gasteiger partial charge is 0.263 e. The summed E-state index contributed by atoms with van der Waals surface area (Å²) in [5, 5.41) is 0. The molecule has 5 nitrogen and oxygen atoms in total. The number of sulfonamides is 1. The zero-order chi connectivity index (χ0) is 22.2. The molecule has 1 aromatic carbocycles. The van der Waals surface area contributed by atoms with Gasteiger partial charge in [-0.05, 0) is 67.2 Å². The molecule has 1 aliphatic heterocycles. The first-order chi connectivity index (χ1) is 14.6. The van der Waals surface area contributed by atoms with E-state index in [1.54, 1.807) is 41.7 Å². The number of likely N-dealkylation sites (tertiary alicyclic amines) is 1. The fourth-order valence-electron chi connectivity index (χ4n) is 4.61. The molecule has 1 atom stereocenters. The van der Waals surface area contributed by atoms with E-state index in [0.29, 0.717) is 37.3 Å². The summed E-state index contributed by atoms with van der Waals surface area (Å²) in [4.78, 5) is 17.5. The van der Waals surface area contributed by atoms with Crippen LogP contribution in [-0.2, 0) is 22.9 Å². The van der Waals surface area contributed by atoms with Crippen molar-refractivity contribution in [3.8, 4) is 0 Å². The number of aryl methyl sites for hydroxylation is 1. The van der Waals surface area contributed by atoms with Crippen LogP contribution in [0.25, 0.3) is 0 Å². The number of thiophene rings is 1. The Morgan fingerprint density at radius 1 is 1.10 bits per heavy atom. The number of carbonyl (C=O) groups excluding carboxylic acids is 1. The van der Waals surface area contributed by atoms with Crippen LogP contribution < -0.4 is 4.72 Å². The number of hydrogen-bond acceptors (Lipinski definition) is 4. The molecule has 0 radical (unpaired) electrons. The van der Waals surface area contributed by atoms with Gasteiger partial charge in [0.1, 0.15) is 0 Å². The van der Waals surface area contributed by atoms with E-state index >= 15 is 0 Å². The lowest BCUT2D eigenvalue weighted by molar-refractivity contribution is 0.0716. The molecular weight excluding hydrogens is 428 g/mol. The molecule has 2 heterocycles. The van der Waals surface area contributed by atoms with Crippen molar-refractivity contribution in [2.75, 3.05) is 13.1 Å². The van der Waals surface area contributed by atoms with Crippen LogP contribution in [0.5, 0.6) is 0 Å². The third kappa shape index (κ3) is 5.04. The number of hydrogen-bond donors (Lipinski definition) is 1. The summed E-state index contributed by atoms with van der Waals surface area (Å²) in [5.41, 5.74) is 1.64. The van der Waals surface area contributed by atoms with Crippen LogP contribution in [0.3, 0.4) is 0 Å². The molecule has 2 aliphatic rings. The highest BCUT2D eigenvalue weighted by molar-refractivity contribution is 7.89. The lowest BCUT2D eigenvalue weighted by Crippen LogP contribution is -2.46. The van der Waals surface area contributed by atoms with Crippen molar-refractivity contribution in [3.05, 3.63) is 51.7 Å². The molecule has 7 heteroatoms. The van der Waals surface area contributed by atoms with Crippen molar-refractivity contribution in [2.45, 2.75) is 63.8 Å². The molecule has 0 saturated carbocycles. The average Bonchev–Trinajstić information content (AvgIpc) is 3.17. The summed E-state index contributed by atoms with van der Waals surface area (Å²) >= 11 is 1.66. The second kappa shape index (κ2) is 8.68. The molecule has 1 N–H and O–H groups in total. The topological polar surface area (TPSA) is 66.5 Å². The van der Waals surface area contributed by atoms with Gasteiger partial charge in [-0.1, -0.05) is 39.0 Å². The van der Waals surface area contributed by atoms with E-state index in [0.717, 1.165) is 17.7 Å². The van der Waals surface area contributed by atoms with Crippen LogP contribution in [0.4, 0.5) is 0 Å². The van der Waals surface area contributed by atoms with Gasteiger partial charge in [-0.2, -0.15) is 0 Å². The maximum atomic E-state index is 13.1. The van der Waals surface area contributed by atoms with Gasteiger partial charge in [-0.3, -0.25) is 4.79 Å². The third-order valence-corrected chi connectivity index (χ3v) is 9.44. The maximum Gasteiger partial charge on any atom is 0.263 e. The van der Waals surface area contributed by atoms with Crippen LogP contribution in [-0.4, -0.2) is 38.4 Å². The van der Waals surface area contributed by atoms with Gasteiger partial charge in [0, 0.05) is 24.0 Å². The SMILES string of the molecule is CC(C)(C)C1CCc2sc(C(=O)N3CCC(NS(=O)(=O)c4ccccc4)CC3)cc2C1. The molecule has 1 aliphatic carbocycles. The van der Waals surface area contributed by atoms with Gasteiger partial charge in [-0.15, -0.1) is 11.3 Å². The van der Waals surface area contributed by atoms with Crippen molar-refractivity contribution in [1.82, 2.24) is 9.62 Å². The molecule has 4 rings (SSSR count). The molecule has 1 aromatic heterocycles. The summed E-state index contributed by atoms with van der Waals surface area (Å²) in [6.07, 6.45) is 4.59. The van der Waals surface area contributed by atoms with Crippen molar-refractivity contribution < 1.29 is 13.2 Å². The first-order valence-corrected chi connectivity index (χ1v) is 13.4. The molecule has 1 unspecified atom stereocenters. The standard InChI is InChI=1S/C24H32N2O3S2/c1-24(2,3)18-9-10-21-17(15-18)16-22(30-21)23(27)26-13-11-19(12-14-26)25-31(28,29)20-7-5-4-6-8-20/h4-8,16,18-19,25H,9-15H2,1-3H3. The largest absolute Gasteiger partial charge is 0.338 e. The van der Waals surface area contributed by atoms with Crippen LogP contribution in [0.1, 0.15) is 60.1 Å². The van der Waals surface area contributed by atoms with Gasteiger partial charge >= 0.3 is 0 Å². The lowest BCUT2D eigenvalue weighted by atomic mass is 9.72. The van der Waals surface area contributed by atoms with E-state index in [1.165, 1.54) is 16.9 Å². The Morgan fingerprint density at radius 3 is 2.42 bits per heavy atom. The number of carbonyl (C=O) groups is 1. The maximum absolute atomic E-state index is 13.1. The van der Waals surface area contributed by atoms with Gasteiger partial charge in [-0.25, -0.2) is 13.1 Å². The molecule has 1 amide bonds. The zero-order valence-electron chi connectivity index (χ0n) is 18.6. The Labute approximate surface area is 189 Å². The zero-order valence-corrected chi connectivity index (χ0v) is 20.2. The normalized spacial score (nSPS) is 20.5. The number of benzene rings is 1. The molecule has 1 saturated heterocycles. The Morgan fingerprint density at radius 2 is 1.77 bits per heavy atom. The van der Waals surface area contributed by atoms with Gasteiger partial charge < -0.3 is 4.90 Å². The number of piperidine rings is 1. The van der Waals surface area contributed by atoms with Gasteiger partial charge in [0.05, 0.1) is 9.77 Å². The molecule has 0 spiro atoms. The molecule has 168 valence electrons. The molecule has 31 heavy (non-hydrogen) atoms. The quantitative estimate of drug-likeness (QED) is 0.731. The average molecular weight is 461 g/mol.